The first-order chi connectivity index (χ1) is 8.61. The first kappa shape index (κ1) is 12.1. The van der Waals surface area contributed by atoms with Gasteiger partial charge in [-0.2, -0.15) is 4.98 Å². The van der Waals surface area contributed by atoms with E-state index in [1.165, 1.54) is 24.5 Å². The van der Waals surface area contributed by atoms with Crippen LogP contribution in [0.25, 0.3) is 0 Å². The molecule has 0 unspecified atom stereocenters. The zero-order valence-electron chi connectivity index (χ0n) is 9.53. The molecule has 1 heterocycles. The van der Waals surface area contributed by atoms with E-state index in [-0.39, 0.29) is 17.3 Å². The van der Waals surface area contributed by atoms with Gasteiger partial charge in [-0.15, -0.1) is 0 Å². The number of anilines is 2. The number of hydrazine groups is 1. The number of oxazole rings is 1. The van der Waals surface area contributed by atoms with Crippen molar-refractivity contribution in [2.75, 3.05) is 10.7 Å². The lowest BCUT2D eigenvalue weighted by Gasteiger charge is -2.08. The van der Waals surface area contributed by atoms with Crippen LogP contribution in [0.5, 0.6) is 0 Å². The normalized spacial score (nSPS) is 10.2. The number of carbonyl (C=O) groups is 1. The van der Waals surface area contributed by atoms with Crippen LogP contribution in [0, 0.1) is 12.7 Å². The van der Waals surface area contributed by atoms with Crippen LogP contribution < -0.4 is 16.6 Å². The molecule has 0 aliphatic rings. The summed E-state index contributed by atoms with van der Waals surface area (Å²) in [5, 5.41) is 2.40. The molecule has 18 heavy (non-hydrogen) atoms. The van der Waals surface area contributed by atoms with Gasteiger partial charge in [0.25, 0.3) is 5.91 Å². The van der Waals surface area contributed by atoms with E-state index in [0.717, 1.165) is 0 Å². The molecule has 7 heteroatoms. The highest BCUT2D eigenvalue weighted by Crippen LogP contribution is 2.20. The number of nitrogens with one attached hydrogen (secondary N) is 2. The van der Waals surface area contributed by atoms with E-state index < -0.39 is 11.7 Å². The molecule has 0 aliphatic carbocycles. The van der Waals surface area contributed by atoms with Gasteiger partial charge in [0.15, 0.2) is 0 Å². The summed E-state index contributed by atoms with van der Waals surface area (Å²) < 4.78 is 18.4. The van der Waals surface area contributed by atoms with Crippen LogP contribution in [0.1, 0.15) is 16.1 Å². The number of carbonyl (C=O) groups excluding carboxylic acids is 1. The predicted octanol–water partition coefficient (Wildman–Crippen LogP) is 1.66. The number of aromatic nitrogens is 1. The molecule has 0 saturated heterocycles. The largest absolute Gasteiger partial charge is 0.432 e. The molecule has 1 aromatic heterocycles. The van der Waals surface area contributed by atoms with Gasteiger partial charge in [-0.25, -0.2) is 4.39 Å². The second-order valence-electron chi connectivity index (χ2n) is 3.55. The van der Waals surface area contributed by atoms with Gasteiger partial charge >= 0.3 is 6.01 Å². The third-order valence-corrected chi connectivity index (χ3v) is 2.24. The predicted molar refractivity (Wildman–Crippen MR) is 63.4 cm³/mol. The summed E-state index contributed by atoms with van der Waals surface area (Å²) in [5.74, 6) is 4.00. The Morgan fingerprint density at radius 1 is 1.50 bits per heavy atom. The van der Waals surface area contributed by atoms with E-state index in [1.807, 2.05) is 0 Å². The van der Waals surface area contributed by atoms with Crippen LogP contribution in [0.2, 0.25) is 0 Å². The molecule has 2 rings (SSSR count). The van der Waals surface area contributed by atoms with Crippen molar-refractivity contribution >= 4 is 17.6 Å². The van der Waals surface area contributed by atoms with Gasteiger partial charge in [0, 0.05) is 0 Å². The number of hydrogen-bond donors (Lipinski definition) is 3. The monoisotopic (exact) mass is 250 g/mol. The summed E-state index contributed by atoms with van der Waals surface area (Å²) in [4.78, 5) is 15.8. The van der Waals surface area contributed by atoms with Crippen LogP contribution in [-0.4, -0.2) is 10.9 Å². The second-order valence-corrected chi connectivity index (χ2v) is 3.55. The van der Waals surface area contributed by atoms with Gasteiger partial charge < -0.3 is 9.84 Å². The Bertz CT molecular complexity index is 582. The molecule has 0 fully saturated rings. The molecule has 0 spiro atoms. The summed E-state index contributed by atoms with van der Waals surface area (Å²) in [5.41, 5.74) is 2.75. The highest BCUT2D eigenvalue weighted by atomic mass is 19.1. The Morgan fingerprint density at radius 3 is 2.89 bits per heavy atom. The average molecular weight is 250 g/mol. The molecule has 1 aromatic carbocycles. The number of aryl methyl sites for hydroxylation is 1. The van der Waals surface area contributed by atoms with E-state index >= 15 is 0 Å². The average Bonchev–Trinajstić information content (AvgIpc) is 2.74. The lowest BCUT2D eigenvalue weighted by atomic mass is 10.1. The number of para-hydroxylation sites is 1. The van der Waals surface area contributed by atoms with E-state index in [1.54, 1.807) is 6.92 Å². The Morgan fingerprint density at radius 2 is 2.28 bits per heavy atom. The van der Waals surface area contributed by atoms with Crippen LogP contribution in [0.15, 0.2) is 28.9 Å². The molecule has 94 valence electrons. The van der Waals surface area contributed by atoms with Gasteiger partial charge in [0.1, 0.15) is 12.1 Å². The maximum atomic E-state index is 13.4. The van der Waals surface area contributed by atoms with Gasteiger partial charge in [-0.05, 0) is 19.1 Å². The third-order valence-electron chi connectivity index (χ3n) is 2.24. The third kappa shape index (κ3) is 2.30. The van der Waals surface area contributed by atoms with E-state index in [9.17, 15) is 9.18 Å². The quantitative estimate of drug-likeness (QED) is 0.569. The fourth-order valence-electron chi connectivity index (χ4n) is 1.44. The van der Waals surface area contributed by atoms with Crippen molar-refractivity contribution in [2.45, 2.75) is 6.92 Å². The van der Waals surface area contributed by atoms with Crippen LogP contribution in [0.4, 0.5) is 16.1 Å². The minimum absolute atomic E-state index is 0.0460. The van der Waals surface area contributed by atoms with Crippen molar-refractivity contribution in [2.24, 2.45) is 5.84 Å². The van der Waals surface area contributed by atoms with Crippen LogP contribution >= 0.6 is 0 Å². The van der Waals surface area contributed by atoms with Crippen molar-refractivity contribution in [3.05, 3.63) is 41.5 Å². The molecule has 0 saturated carbocycles. The summed E-state index contributed by atoms with van der Waals surface area (Å²) in [6.07, 6.45) is 1.39. The topological polar surface area (TPSA) is 93.2 Å². The van der Waals surface area contributed by atoms with Gasteiger partial charge in [-0.1, -0.05) is 6.07 Å². The molecule has 2 aromatic rings. The van der Waals surface area contributed by atoms with Crippen molar-refractivity contribution in [1.29, 1.82) is 0 Å². The second kappa shape index (κ2) is 4.84. The summed E-state index contributed by atoms with van der Waals surface area (Å²) in [6.45, 7) is 1.72. The van der Waals surface area contributed by atoms with Crippen LogP contribution in [-0.2, 0) is 0 Å². The lowest BCUT2D eigenvalue weighted by Crippen LogP contribution is -2.18. The minimum atomic E-state index is -0.617. The van der Waals surface area contributed by atoms with Crippen molar-refractivity contribution in [3.8, 4) is 0 Å². The fourth-order valence-corrected chi connectivity index (χ4v) is 1.44. The number of nitrogen functional groups attached to an aromatic ring is 1. The smallest absolute Gasteiger partial charge is 0.301 e. The first-order valence-corrected chi connectivity index (χ1v) is 5.10. The molecule has 0 atom stereocenters. The van der Waals surface area contributed by atoms with E-state index in [4.69, 9.17) is 10.3 Å². The van der Waals surface area contributed by atoms with Gasteiger partial charge in [0.2, 0.25) is 0 Å². The Balaban J connectivity index is 2.26. The number of nitrogens with two attached hydrogens (primary N) is 1. The maximum Gasteiger partial charge on any atom is 0.301 e. The molecule has 6 nitrogen and oxygen atoms in total. The number of rotatable bonds is 3. The molecule has 0 bridgehead atoms. The van der Waals surface area contributed by atoms with Crippen molar-refractivity contribution in [3.63, 3.8) is 0 Å². The van der Waals surface area contributed by atoms with E-state index in [2.05, 4.69) is 15.7 Å². The molecule has 0 aliphatic heterocycles. The van der Waals surface area contributed by atoms with Crippen molar-refractivity contribution in [1.82, 2.24) is 4.98 Å². The number of hydrogen-bond acceptors (Lipinski definition) is 5. The maximum absolute atomic E-state index is 13.4. The Hall–Kier alpha value is -2.41. The summed E-state index contributed by atoms with van der Waals surface area (Å²) >= 11 is 0. The molecule has 0 radical (unpaired) electrons. The molecular weight excluding hydrogens is 239 g/mol. The minimum Gasteiger partial charge on any atom is -0.432 e. The molecule has 1 amide bonds. The zero-order chi connectivity index (χ0) is 13.1. The Labute approximate surface area is 102 Å². The summed E-state index contributed by atoms with van der Waals surface area (Å²) in [6, 6.07) is 4.08. The highest BCUT2D eigenvalue weighted by molar-refractivity contribution is 6.07. The molecular formula is C11H11FN4O2. The first-order valence-electron chi connectivity index (χ1n) is 5.10. The van der Waals surface area contributed by atoms with Gasteiger partial charge in [0.05, 0.1) is 16.9 Å². The summed E-state index contributed by atoms with van der Waals surface area (Å²) in [7, 11) is 0. The Kier molecular flexibility index (Phi) is 3.24. The highest BCUT2D eigenvalue weighted by Gasteiger charge is 2.16. The van der Waals surface area contributed by atoms with E-state index in [0.29, 0.717) is 5.69 Å². The zero-order valence-corrected chi connectivity index (χ0v) is 9.53. The van der Waals surface area contributed by atoms with Crippen molar-refractivity contribution < 1.29 is 13.6 Å². The number of amides is 1. The lowest BCUT2D eigenvalue weighted by molar-refractivity contribution is 0.102. The number of benzene rings is 1. The standard InChI is InChI=1S/C11H11FN4O2/c1-6-5-18-11(14-6)15-10(17)7-3-2-4-8(12)9(7)16-13/h2-5,16H,13H2,1H3,(H,14,15,17). The molecule has 4 N–H and O–H groups in total. The number of halogens is 1. The fraction of sp³-hybridized carbons (Fsp3) is 0.0909. The van der Waals surface area contributed by atoms with Crippen LogP contribution in [0.3, 0.4) is 0 Å². The SMILES string of the molecule is Cc1coc(NC(=O)c2cccc(F)c2NN)n1. The number of nitrogens with zero attached hydrogens (tertiary/aromatic N) is 1. The van der Waals surface area contributed by atoms with Gasteiger partial charge in [-0.3, -0.25) is 16.0 Å².